The van der Waals surface area contributed by atoms with Gasteiger partial charge in [-0.25, -0.2) is 0 Å². The molecule has 7 heteroatoms. The summed E-state index contributed by atoms with van der Waals surface area (Å²) in [5, 5.41) is 8.19. The minimum Gasteiger partial charge on any atom is -0.343 e. The molecule has 194 valence electrons. The lowest BCUT2D eigenvalue weighted by atomic mass is 9.90. The fourth-order valence-corrected chi connectivity index (χ4v) is 3.60. The molecule has 0 aromatic heterocycles. The van der Waals surface area contributed by atoms with Crippen LogP contribution in [0, 0.1) is 5.41 Å². The summed E-state index contributed by atoms with van der Waals surface area (Å²) in [4.78, 5) is 51.3. The van der Waals surface area contributed by atoms with Crippen LogP contribution in [0.5, 0.6) is 0 Å². The first-order valence-corrected chi connectivity index (χ1v) is 12.3. The van der Waals surface area contributed by atoms with E-state index in [4.69, 9.17) is 0 Å². The number of anilines is 1. The van der Waals surface area contributed by atoms with E-state index in [9.17, 15) is 19.2 Å². The Kier molecular flexibility index (Phi) is 9.56. The van der Waals surface area contributed by atoms with Gasteiger partial charge in [-0.15, -0.1) is 6.58 Å². The Morgan fingerprint density at radius 3 is 2.19 bits per heavy atom. The Bertz CT molecular complexity index is 1120. The number of hydrogen-bond donors (Lipinski definition) is 3. The maximum atomic E-state index is 13.6. The third-order valence-corrected chi connectivity index (χ3v) is 6.17. The predicted octanol–water partition coefficient (Wildman–Crippen LogP) is 4.43. The second-order valence-electron chi connectivity index (χ2n) is 10.4. The lowest BCUT2D eigenvalue weighted by molar-refractivity contribution is -0.136. The van der Waals surface area contributed by atoms with Crippen molar-refractivity contribution in [1.29, 1.82) is 0 Å². The molecule has 0 bridgehead atoms. The van der Waals surface area contributed by atoms with E-state index in [1.54, 1.807) is 32.9 Å². The molecule has 7 nitrogen and oxygen atoms in total. The molecule has 3 amide bonds. The highest BCUT2D eigenvalue weighted by molar-refractivity contribution is 6.09. The average Bonchev–Trinajstić information content (AvgIpc) is 2.80. The van der Waals surface area contributed by atoms with E-state index in [0.717, 1.165) is 22.3 Å². The van der Waals surface area contributed by atoms with Crippen molar-refractivity contribution >= 4 is 29.2 Å². The molecule has 1 aliphatic rings. The van der Waals surface area contributed by atoms with E-state index in [0.29, 0.717) is 24.1 Å². The average molecular weight is 494 g/mol. The van der Waals surface area contributed by atoms with Crippen LogP contribution in [-0.2, 0) is 27.2 Å². The van der Waals surface area contributed by atoms with Gasteiger partial charge in [0.15, 0.2) is 5.78 Å². The predicted molar refractivity (Wildman–Crippen MR) is 144 cm³/mol. The third kappa shape index (κ3) is 7.51. The molecule has 2 rings (SSSR count). The first kappa shape index (κ1) is 28.8. The maximum absolute atomic E-state index is 13.6. The first-order valence-electron chi connectivity index (χ1n) is 12.3. The van der Waals surface area contributed by atoms with Gasteiger partial charge in [0.25, 0.3) is 0 Å². The van der Waals surface area contributed by atoms with Crippen LogP contribution in [0.1, 0.15) is 76.4 Å². The van der Waals surface area contributed by atoms with E-state index >= 15 is 0 Å². The van der Waals surface area contributed by atoms with E-state index in [-0.39, 0.29) is 24.0 Å². The Morgan fingerprint density at radius 2 is 1.61 bits per heavy atom. The van der Waals surface area contributed by atoms with Crippen LogP contribution in [0.4, 0.5) is 5.69 Å². The van der Waals surface area contributed by atoms with Crippen LogP contribution in [0.25, 0.3) is 0 Å². The van der Waals surface area contributed by atoms with E-state index in [2.05, 4.69) is 28.6 Å². The molecule has 0 radical (unpaired) electrons. The highest BCUT2D eigenvalue weighted by Crippen LogP contribution is 2.30. The maximum Gasteiger partial charge on any atom is 0.243 e. The van der Waals surface area contributed by atoms with Gasteiger partial charge in [-0.2, -0.15) is 0 Å². The number of rotatable bonds is 10. The molecule has 2 atom stereocenters. The lowest BCUT2D eigenvalue weighted by Crippen LogP contribution is -2.61. The van der Waals surface area contributed by atoms with Gasteiger partial charge < -0.3 is 16.0 Å². The highest BCUT2D eigenvalue weighted by atomic mass is 16.2. The first-order chi connectivity index (χ1) is 16.7. The van der Waals surface area contributed by atoms with Crippen LogP contribution < -0.4 is 16.0 Å². The van der Waals surface area contributed by atoms with Crippen molar-refractivity contribution in [3.63, 3.8) is 0 Å². The summed E-state index contributed by atoms with van der Waals surface area (Å²) in [6.45, 7) is 16.8. The van der Waals surface area contributed by atoms with Crippen molar-refractivity contribution in [1.82, 2.24) is 10.6 Å². The summed E-state index contributed by atoms with van der Waals surface area (Å²) in [6.07, 6.45) is 6.60. The number of hydrogen-bond acceptors (Lipinski definition) is 4. The van der Waals surface area contributed by atoms with Crippen molar-refractivity contribution < 1.29 is 19.2 Å². The van der Waals surface area contributed by atoms with Crippen molar-refractivity contribution in [2.45, 2.75) is 79.8 Å². The number of benzene rings is 1. The second kappa shape index (κ2) is 12.0. The van der Waals surface area contributed by atoms with Crippen molar-refractivity contribution in [2.75, 3.05) is 5.32 Å². The molecule has 1 saturated heterocycles. The smallest absolute Gasteiger partial charge is 0.243 e. The normalized spacial score (nSPS) is 17.4. The molecular weight excluding hydrogens is 454 g/mol. The topological polar surface area (TPSA) is 104 Å². The van der Waals surface area contributed by atoms with Crippen LogP contribution in [0.15, 0.2) is 48.1 Å². The van der Waals surface area contributed by atoms with Crippen molar-refractivity contribution in [3.8, 4) is 0 Å². The summed E-state index contributed by atoms with van der Waals surface area (Å²) in [5.74, 6) is -1.37. The van der Waals surface area contributed by atoms with Gasteiger partial charge in [0.05, 0.1) is 11.1 Å². The summed E-state index contributed by atoms with van der Waals surface area (Å²) in [7, 11) is 0. The van der Waals surface area contributed by atoms with Crippen LogP contribution in [0.3, 0.4) is 0 Å². The standard InChI is InChI=1S/C29H39N3O4/c1-9-29(7,8)28(36)32-25-21(13-11-18(4)5)14-20(12-10-17(2)3)15-22(25)24(33)16-23-27(35)30-19(6)26(34)31-23/h9-11,14-15,19,23H,1,12-13,16H2,2-8H3,(H,30,35)(H,31,34)(H,32,36)/t19-,23+/m1/s1. The quantitative estimate of drug-likeness (QED) is 0.331. The number of nitrogens with one attached hydrogen (secondary N) is 3. The molecular formula is C29H39N3O4. The van der Waals surface area contributed by atoms with Crippen LogP contribution in [-0.4, -0.2) is 35.6 Å². The van der Waals surface area contributed by atoms with Gasteiger partial charge in [-0.1, -0.05) is 35.4 Å². The fourth-order valence-electron chi connectivity index (χ4n) is 3.60. The molecule has 0 aliphatic carbocycles. The van der Waals surface area contributed by atoms with Crippen molar-refractivity contribution in [2.24, 2.45) is 5.41 Å². The van der Waals surface area contributed by atoms with Crippen LogP contribution in [0.2, 0.25) is 0 Å². The van der Waals surface area contributed by atoms with Gasteiger partial charge in [0.1, 0.15) is 12.1 Å². The Morgan fingerprint density at radius 1 is 1.00 bits per heavy atom. The molecule has 1 aliphatic heterocycles. The van der Waals surface area contributed by atoms with E-state index in [1.807, 2.05) is 39.8 Å². The minimum atomic E-state index is -0.975. The third-order valence-electron chi connectivity index (χ3n) is 6.17. The molecule has 1 fully saturated rings. The number of carbonyl (C=O) groups is 4. The zero-order chi connectivity index (χ0) is 27.2. The van der Waals surface area contributed by atoms with E-state index in [1.165, 1.54) is 0 Å². The minimum absolute atomic E-state index is 0.216. The molecule has 3 N–H and O–H groups in total. The summed E-state index contributed by atoms with van der Waals surface area (Å²) >= 11 is 0. The van der Waals surface area contributed by atoms with Crippen molar-refractivity contribution in [3.05, 3.63) is 64.8 Å². The van der Waals surface area contributed by atoms with Gasteiger partial charge in [-0.3, -0.25) is 19.2 Å². The number of piperazine rings is 1. The number of ketones is 1. The molecule has 1 heterocycles. The van der Waals surface area contributed by atoms with Crippen LogP contribution >= 0.6 is 0 Å². The Hall–Kier alpha value is -3.48. The lowest BCUT2D eigenvalue weighted by Gasteiger charge is -2.28. The summed E-state index contributed by atoms with van der Waals surface area (Å²) in [6, 6.07) is 2.15. The number of Topliss-reactive ketones (excluding diaryl/α,β-unsaturated/α-hetero) is 1. The number of amides is 3. The molecule has 1 aromatic rings. The van der Waals surface area contributed by atoms with Gasteiger partial charge in [0, 0.05) is 12.0 Å². The highest BCUT2D eigenvalue weighted by Gasteiger charge is 2.34. The summed E-state index contributed by atoms with van der Waals surface area (Å²) < 4.78 is 0. The number of allylic oxidation sites excluding steroid dienone is 4. The van der Waals surface area contributed by atoms with E-state index < -0.39 is 23.4 Å². The molecule has 0 saturated carbocycles. The molecule has 0 unspecified atom stereocenters. The molecule has 1 aromatic carbocycles. The fraction of sp³-hybridized carbons (Fsp3) is 0.448. The number of carbonyl (C=O) groups excluding carboxylic acids is 4. The zero-order valence-electron chi connectivity index (χ0n) is 22.5. The Labute approximate surface area is 214 Å². The largest absolute Gasteiger partial charge is 0.343 e. The monoisotopic (exact) mass is 493 g/mol. The molecule has 36 heavy (non-hydrogen) atoms. The van der Waals surface area contributed by atoms with Gasteiger partial charge in [0.2, 0.25) is 17.7 Å². The van der Waals surface area contributed by atoms with Gasteiger partial charge in [-0.05, 0) is 78.5 Å². The van der Waals surface area contributed by atoms with Gasteiger partial charge >= 0.3 is 0 Å². The Balaban J connectivity index is 2.60. The zero-order valence-corrected chi connectivity index (χ0v) is 22.5. The summed E-state index contributed by atoms with van der Waals surface area (Å²) in [5.41, 5.74) is 3.87. The molecule has 0 spiro atoms. The SMILES string of the molecule is C=CC(C)(C)C(=O)Nc1c(CC=C(C)C)cc(CC=C(C)C)cc1C(=O)C[C@@H]1NC(=O)[C@@H](C)NC1=O. The second-order valence-corrected chi connectivity index (χ2v) is 10.4.